The van der Waals surface area contributed by atoms with Crippen LogP contribution in [0.2, 0.25) is 0 Å². The van der Waals surface area contributed by atoms with Gasteiger partial charge in [-0.15, -0.1) is 0 Å². The van der Waals surface area contributed by atoms with Gasteiger partial charge in [-0.1, -0.05) is 0 Å². The highest BCUT2D eigenvalue weighted by molar-refractivity contribution is 5.99. The third-order valence-corrected chi connectivity index (χ3v) is 4.18. The molecule has 0 aliphatic carbocycles. The lowest BCUT2D eigenvalue weighted by Crippen LogP contribution is -2.48. The van der Waals surface area contributed by atoms with Gasteiger partial charge in [0.2, 0.25) is 11.8 Å². The molecule has 1 aromatic carbocycles. The van der Waals surface area contributed by atoms with Gasteiger partial charge in [0.15, 0.2) is 0 Å². The second kappa shape index (κ2) is 8.36. The number of carbonyl (C=O) groups is 3. The van der Waals surface area contributed by atoms with Crippen molar-refractivity contribution in [1.29, 1.82) is 0 Å². The van der Waals surface area contributed by atoms with Gasteiger partial charge in [-0.3, -0.25) is 14.4 Å². The Morgan fingerprint density at radius 1 is 1.24 bits per heavy atom. The summed E-state index contributed by atoms with van der Waals surface area (Å²) in [5.74, 6) is 0.0214. The minimum Gasteiger partial charge on any atom is -0.497 e. The molecular formula is C17H23N3O5. The summed E-state index contributed by atoms with van der Waals surface area (Å²) in [5, 5.41) is 5.14. The number of nitrogens with one attached hydrogen (secondary N) is 2. The van der Waals surface area contributed by atoms with Gasteiger partial charge in [-0.2, -0.15) is 0 Å². The van der Waals surface area contributed by atoms with Crippen molar-refractivity contribution in [3.8, 4) is 11.5 Å². The van der Waals surface area contributed by atoms with Gasteiger partial charge in [0.05, 0.1) is 26.3 Å². The van der Waals surface area contributed by atoms with Crippen LogP contribution in [0.4, 0.5) is 0 Å². The van der Waals surface area contributed by atoms with E-state index < -0.39 is 11.9 Å². The Kier molecular flexibility index (Phi) is 6.21. The number of likely N-dealkylation sites (N-methyl/N-ethyl adjacent to an activating group) is 1. The van der Waals surface area contributed by atoms with Crippen LogP contribution >= 0.6 is 0 Å². The fraction of sp³-hybridized carbons (Fsp3) is 0.471. The molecule has 8 heteroatoms. The SMILES string of the molecule is CNC(=O)[C@H]1CCCN1C(=O)CNC(=O)c1ccc(OC)cc1OC. The lowest BCUT2D eigenvalue weighted by molar-refractivity contribution is -0.137. The number of benzene rings is 1. The summed E-state index contributed by atoms with van der Waals surface area (Å²) in [7, 11) is 4.52. The predicted octanol–water partition coefficient (Wildman–Crippen LogP) is 0.171. The number of carbonyl (C=O) groups excluding carboxylic acids is 3. The fourth-order valence-electron chi connectivity index (χ4n) is 2.84. The molecule has 1 heterocycles. The van der Waals surface area contributed by atoms with E-state index >= 15 is 0 Å². The summed E-state index contributed by atoms with van der Waals surface area (Å²) in [5.41, 5.74) is 0.306. The quantitative estimate of drug-likeness (QED) is 0.763. The Hall–Kier alpha value is -2.77. The average Bonchev–Trinajstić information content (AvgIpc) is 3.14. The van der Waals surface area contributed by atoms with Crippen LogP contribution < -0.4 is 20.1 Å². The highest BCUT2D eigenvalue weighted by atomic mass is 16.5. The Morgan fingerprint density at radius 3 is 2.64 bits per heavy atom. The van der Waals surface area contributed by atoms with Crippen molar-refractivity contribution in [2.75, 3.05) is 34.4 Å². The molecule has 8 nitrogen and oxygen atoms in total. The maximum absolute atomic E-state index is 12.3. The number of methoxy groups -OCH3 is 2. The van der Waals surface area contributed by atoms with Gasteiger partial charge in [0.25, 0.3) is 5.91 Å². The summed E-state index contributed by atoms with van der Waals surface area (Å²) in [6.07, 6.45) is 1.40. The maximum atomic E-state index is 12.3. The van der Waals surface area contributed by atoms with Gasteiger partial charge < -0.3 is 25.0 Å². The van der Waals surface area contributed by atoms with E-state index in [0.29, 0.717) is 30.0 Å². The highest BCUT2D eigenvalue weighted by Crippen LogP contribution is 2.24. The Bertz CT molecular complexity index is 662. The van der Waals surface area contributed by atoms with E-state index in [4.69, 9.17) is 9.47 Å². The second-order valence-electron chi connectivity index (χ2n) is 5.61. The standard InChI is InChI=1S/C17H23N3O5/c1-18-17(23)13-5-4-8-20(13)15(21)10-19-16(22)12-7-6-11(24-2)9-14(12)25-3/h6-7,9,13H,4-5,8,10H2,1-3H3,(H,18,23)(H,19,22)/t13-/m1/s1. The molecule has 0 spiro atoms. The molecular weight excluding hydrogens is 326 g/mol. The zero-order valence-electron chi connectivity index (χ0n) is 14.6. The number of hydrogen-bond donors (Lipinski definition) is 2. The van der Waals surface area contributed by atoms with Crippen LogP contribution in [0.1, 0.15) is 23.2 Å². The van der Waals surface area contributed by atoms with E-state index in [1.807, 2.05) is 0 Å². The summed E-state index contributed by atoms with van der Waals surface area (Å²) in [4.78, 5) is 38.0. The van der Waals surface area contributed by atoms with E-state index in [-0.39, 0.29) is 18.4 Å². The first kappa shape index (κ1) is 18.6. The Morgan fingerprint density at radius 2 is 2.00 bits per heavy atom. The molecule has 0 saturated carbocycles. The minimum atomic E-state index is -0.468. The third-order valence-electron chi connectivity index (χ3n) is 4.18. The monoisotopic (exact) mass is 349 g/mol. The van der Waals surface area contributed by atoms with E-state index in [1.54, 1.807) is 25.2 Å². The summed E-state index contributed by atoms with van der Waals surface area (Å²) in [6.45, 7) is 0.333. The van der Waals surface area contributed by atoms with Gasteiger partial charge in [0, 0.05) is 19.7 Å². The predicted molar refractivity (Wildman–Crippen MR) is 90.7 cm³/mol. The molecule has 136 valence electrons. The number of rotatable bonds is 6. The molecule has 2 rings (SSSR count). The molecule has 2 N–H and O–H groups in total. The van der Waals surface area contributed by atoms with Gasteiger partial charge in [0.1, 0.15) is 17.5 Å². The van der Waals surface area contributed by atoms with Crippen LogP contribution in [0.15, 0.2) is 18.2 Å². The highest BCUT2D eigenvalue weighted by Gasteiger charge is 2.33. The fourth-order valence-corrected chi connectivity index (χ4v) is 2.84. The molecule has 1 saturated heterocycles. The molecule has 25 heavy (non-hydrogen) atoms. The van der Waals surface area contributed by atoms with Crippen LogP contribution in [0.5, 0.6) is 11.5 Å². The van der Waals surface area contributed by atoms with E-state index in [9.17, 15) is 14.4 Å². The maximum Gasteiger partial charge on any atom is 0.255 e. The van der Waals surface area contributed by atoms with E-state index in [0.717, 1.165) is 6.42 Å². The van der Waals surface area contributed by atoms with Crippen LogP contribution in [-0.4, -0.2) is 63.0 Å². The molecule has 0 bridgehead atoms. The van der Waals surface area contributed by atoms with Crippen LogP contribution in [0.25, 0.3) is 0 Å². The van der Waals surface area contributed by atoms with Crippen molar-refractivity contribution < 1.29 is 23.9 Å². The first-order chi connectivity index (χ1) is 12.0. The number of ether oxygens (including phenoxy) is 2. The summed E-state index contributed by atoms with van der Waals surface area (Å²) in [6, 6.07) is 4.34. The molecule has 1 aromatic rings. The van der Waals surface area contributed by atoms with Crippen LogP contribution in [0.3, 0.4) is 0 Å². The molecule has 1 atom stereocenters. The number of amides is 3. The van der Waals surface area contributed by atoms with Crippen LogP contribution in [-0.2, 0) is 9.59 Å². The van der Waals surface area contributed by atoms with Gasteiger partial charge in [-0.25, -0.2) is 0 Å². The van der Waals surface area contributed by atoms with Crippen molar-refractivity contribution in [1.82, 2.24) is 15.5 Å². The van der Waals surface area contributed by atoms with Crippen molar-refractivity contribution in [3.63, 3.8) is 0 Å². The molecule has 0 radical (unpaired) electrons. The number of hydrogen-bond acceptors (Lipinski definition) is 5. The second-order valence-corrected chi connectivity index (χ2v) is 5.61. The van der Waals surface area contributed by atoms with Crippen molar-refractivity contribution in [2.45, 2.75) is 18.9 Å². The van der Waals surface area contributed by atoms with Crippen molar-refractivity contribution >= 4 is 17.7 Å². The summed E-state index contributed by atoms with van der Waals surface area (Å²) >= 11 is 0. The number of likely N-dealkylation sites (tertiary alicyclic amines) is 1. The zero-order valence-corrected chi connectivity index (χ0v) is 14.6. The molecule has 3 amide bonds. The van der Waals surface area contributed by atoms with E-state index in [1.165, 1.54) is 19.1 Å². The third kappa shape index (κ3) is 4.20. The average molecular weight is 349 g/mol. The normalized spacial score (nSPS) is 16.3. The summed E-state index contributed by atoms with van der Waals surface area (Å²) < 4.78 is 10.3. The number of nitrogens with zero attached hydrogens (tertiary/aromatic N) is 1. The lowest BCUT2D eigenvalue weighted by atomic mass is 10.1. The topological polar surface area (TPSA) is 97.0 Å². The molecule has 1 aliphatic heterocycles. The first-order valence-corrected chi connectivity index (χ1v) is 8.03. The molecule has 0 aromatic heterocycles. The molecule has 1 aliphatic rings. The first-order valence-electron chi connectivity index (χ1n) is 8.03. The van der Waals surface area contributed by atoms with Gasteiger partial charge in [-0.05, 0) is 25.0 Å². The smallest absolute Gasteiger partial charge is 0.255 e. The van der Waals surface area contributed by atoms with Gasteiger partial charge >= 0.3 is 0 Å². The molecule has 1 fully saturated rings. The minimum absolute atomic E-state index is 0.179. The zero-order chi connectivity index (χ0) is 18.4. The van der Waals surface area contributed by atoms with E-state index in [2.05, 4.69) is 10.6 Å². The van der Waals surface area contributed by atoms with Crippen molar-refractivity contribution in [2.24, 2.45) is 0 Å². The van der Waals surface area contributed by atoms with Crippen molar-refractivity contribution in [3.05, 3.63) is 23.8 Å². The molecule has 0 unspecified atom stereocenters. The Labute approximate surface area is 146 Å². The largest absolute Gasteiger partial charge is 0.497 e. The lowest BCUT2D eigenvalue weighted by Gasteiger charge is -2.23. The van der Waals surface area contributed by atoms with Crippen LogP contribution in [0, 0.1) is 0 Å². The Balaban J connectivity index is 2.00.